The minimum absolute atomic E-state index is 0.0687. The van der Waals surface area contributed by atoms with Gasteiger partial charge in [0.05, 0.1) is 10.8 Å². The van der Waals surface area contributed by atoms with E-state index in [1.165, 1.54) is 28.6 Å². The topological polar surface area (TPSA) is 104 Å². The fraction of sp³-hybridized carbons (Fsp3) is 0.579. The van der Waals surface area contributed by atoms with Crippen molar-refractivity contribution in [3.8, 4) is 0 Å². The zero-order valence-corrected chi connectivity index (χ0v) is 17.5. The number of sulfonamides is 1. The summed E-state index contributed by atoms with van der Waals surface area (Å²) in [5.74, 6) is -1.72. The van der Waals surface area contributed by atoms with Gasteiger partial charge in [-0.15, -0.1) is 0 Å². The summed E-state index contributed by atoms with van der Waals surface area (Å²) in [5, 5.41) is 12.4. The maximum atomic E-state index is 13.3. The predicted molar refractivity (Wildman–Crippen MR) is 107 cm³/mol. The number of carboxylic acid groups (broad SMARTS) is 1. The third kappa shape index (κ3) is 5.68. The first-order valence-corrected chi connectivity index (χ1v) is 11.4. The fourth-order valence-electron chi connectivity index (χ4n) is 3.38. The summed E-state index contributed by atoms with van der Waals surface area (Å²) in [7, 11) is -3.93. The maximum absolute atomic E-state index is 13.3. The van der Waals surface area contributed by atoms with Crippen molar-refractivity contribution in [2.45, 2.75) is 56.4 Å². The number of nitrogens with zero attached hydrogens (tertiary/aromatic N) is 1. The van der Waals surface area contributed by atoms with Crippen LogP contribution in [0.3, 0.4) is 0 Å². The molecule has 1 heterocycles. The van der Waals surface area contributed by atoms with Crippen LogP contribution in [0.4, 0.5) is 0 Å². The van der Waals surface area contributed by atoms with E-state index < -0.39 is 28.0 Å². The minimum Gasteiger partial charge on any atom is -0.481 e. The number of amides is 1. The van der Waals surface area contributed by atoms with Gasteiger partial charge in [-0.05, 0) is 62.8 Å². The van der Waals surface area contributed by atoms with E-state index in [-0.39, 0.29) is 17.3 Å². The molecule has 156 valence electrons. The fourth-order valence-corrected chi connectivity index (χ4v) is 5.16. The maximum Gasteiger partial charge on any atom is 0.306 e. The SMILES string of the molecule is CCC(CCCN([C@@H]1CCCCNC1=O)S(=O)(=O)c1ccc(Cl)cc1)C(=O)O. The summed E-state index contributed by atoms with van der Waals surface area (Å²) < 4.78 is 27.8. The summed E-state index contributed by atoms with van der Waals surface area (Å²) in [4.78, 5) is 23.8. The summed E-state index contributed by atoms with van der Waals surface area (Å²) in [6.07, 6.45) is 3.17. The average Bonchev–Trinajstić information content (AvgIpc) is 2.86. The lowest BCUT2D eigenvalue weighted by molar-refractivity contribution is -0.142. The Morgan fingerprint density at radius 3 is 2.61 bits per heavy atom. The molecule has 1 fully saturated rings. The largest absolute Gasteiger partial charge is 0.481 e. The lowest BCUT2D eigenvalue weighted by Gasteiger charge is -2.29. The van der Waals surface area contributed by atoms with E-state index in [4.69, 9.17) is 11.6 Å². The van der Waals surface area contributed by atoms with Crippen LogP contribution in [0.15, 0.2) is 29.2 Å². The van der Waals surface area contributed by atoms with Gasteiger partial charge in [-0.3, -0.25) is 9.59 Å². The molecule has 0 aliphatic carbocycles. The number of nitrogens with one attached hydrogen (secondary N) is 1. The van der Waals surface area contributed by atoms with Crippen LogP contribution in [0.1, 0.15) is 45.4 Å². The summed E-state index contributed by atoms with van der Waals surface area (Å²) in [6.45, 7) is 2.41. The van der Waals surface area contributed by atoms with Crippen molar-refractivity contribution in [1.82, 2.24) is 9.62 Å². The van der Waals surface area contributed by atoms with Crippen molar-refractivity contribution in [3.63, 3.8) is 0 Å². The number of carboxylic acids is 1. The monoisotopic (exact) mass is 430 g/mol. The Balaban J connectivity index is 2.28. The van der Waals surface area contributed by atoms with E-state index in [9.17, 15) is 23.1 Å². The second-order valence-electron chi connectivity index (χ2n) is 6.96. The molecule has 2 N–H and O–H groups in total. The van der Waals surface area contributed by atoms with Crippen LogP contribution in [0.2, 0.25) is 5.02 Å². The molecule has 28 heavy (non-hydrogen) atoms. The Bertz CT molecular complexity index is 782. The van der Waals surface area contributed by atoms with Crippen molar-refractivity contribution in [2.24, 2.45) is 5.92 Å². The Morgan fingerprint density at radius 1 is 1.32 bits per heavy atom. The van der Waals surface area contributed by atoms with Gasteiger partial charge in [-0.1, -0.05) is 18.5 Å². The first-order valence-electron chi connectivity index (χ1n) is 9.55. The van der Waals surface area contributed by atoms with Crippen LogP contribution < -0.4 is 5.32 Å². The highest BCUT2D eigenvalue weighted by Gasteiger charge is 2.36. The second kappa shape index (κ2) is 10.2. The van der Waals surface area contributed by atoms with Gasteiger partial charge in [0.2, 0.25) is 15.9 Å². The number of benzene rings is 1. The number of hydrogen-bond acceptors (Lipinski definition) is 4. The zero-order chi connectivity index (χ0) is 20.7. The smallest absolute Gasteiger partial charge is 0.306 e. The molecule has 0 radical (unpaired) electrons. The van der Waals surface area contributed by atoms with Gasteiger partial charge in [0.1, 0.15) is 6.04 Å². The molecule has 2 rings (SSSR count). The van der Waals surface area contributed by atoms with Gasteiger partial charge in [-0.2, -0.15) is 4.31 Å². The van der Waals surface area contributed by atoms with Crippen molar-refractivity contribution in [3.05, 3.63) is 29.3 Å². The first-order chi connectivity index (χ1) is 13.3. The van der Waals surface area contributed by atoms with E-state index in [0.29, 0.717) is 37.3 Å². The summed E-state index contributed by atoms with van der Waals surface area (Å²) in [6, 6.07) is 5.04. The lowest BCUT2D eigenvalue weighted by Crippen LogP contribution is -2.49. The minimum atomic E-state index is -3.93. The van der Waals surface area contributed by atoms with Crippen LogP contribution in [0.5, 0.6) is 0 Å². The van der Waals surface area contributed by atoms with E-state index in [1.807, 2.05) is 0 Å². The summed E-state index contributed by atoms with van der Waals surface area (Å²) >= 11 is 5.87. The predicted octanol–water partition coefficient (Wildman–Crippen LogP) is 2.89. The summed E-state index contributed by atoms with van der Waals surface area (Å²) in [5.41, 5.74) is 0. The van der Waals surface area contributed by atoms with Gasteiger partial charge in [0, 0.05) is 18.1 Å². The number of halogens is 1. The molecule has 1 aliphatic rings. The number of carbonyl (C=O) groups excluding carboxylic acids is 1. The van der Waals surface area contributed by atoms with Crippen LogP contribution in [0, 0.1) is 5.92 Å². The molecular weight excluding hydrogens is 404 g/mol. The molecule has 9 heteroatoms. The van der Waals surface area contributed by atoms with Crippen LogP contribution in [-0.2, 0) is 19.6 Å². The van der Waals surface area contributed by atoms with E-state index >= 15 is 0 Å². The Kier molecular flexibility index (Phi) is 8.27. The number of aliphatic carboxylic acids is 1. The zero-order valence-electron chi connectivity index (χ0n) is 15.9. The highest BCUT2D eigenvalue weighted by molar-refractivity contribution is 7.89. The number of hydrogen-bond donors (Lipinski definition) is 2. The number of carbonyl (C=O) groups is 2. The molecule has 0 bridgehead atoms. The third-order valence-electron chi connectivity index (χ3n) is 5.05. The molecule has 7 nitrogen and oxygen atoms in total. The second-order valence-corrected chi connectivity index (χ2v) is 9.28. The third-order valence-corrected chi connectivity index (χ3v) is 7.22. The molecule has 2 atom stereocenters. The highest BCUT2D eigenvalue weighted by atomic mass is 35.5. The normalized spacial score (nSPS) is 19.1. The van der Waals surface area contributed by atoms with Crippen LogP contribution in [-0.4, -0.2) is 48.8 Å². The molecular formula is C19H27ClN2O5S. The van der Waals surface area contributed by atoms with Gasteiger partial charge >= 0.3 is 5.97 Å². The molecule has 1 amide bonds. The quantitative estimate of drug-likeness (QED) is 0.626. The molecule has 1 aliphatic heterocycles. The first kappa shape index (κ1) is 22.6. The molecule has 1 saturated heterocycles. The van der Waals surface area contributed by atoms with Crippen LogP contribution >= 0.6 is 11.6 Å². The van der Waals surface area contributed by atoms with Crippen LogP contribution in [0.25, 0.3) is 0 Å². The molecule has 0 aromatic heterocycles. The van der Waals surface area contributed by atoms with E-state index in [0.717, 1.165) is 12.8 Å². The molecule has 0 spiro atoms. The van der Waals surface area contributed by atoms with Crippen molar-refractivity contribution >= 4 is 33.5 Å². The Morgan fingerprint density at radius 2 is 2.00 bits per heavy atom. The molecule has 1 unspecified atom stereocenters. The van der Waals surface area contributed by atoms with Gasteiger partial charge in [0.15, 0.2) is 0 Å². The highest BCUT2D eigenvalue weighted by Crippen LogP contribution is 2.25. The lowest BCUT2D eigenvalue weighted by atomic mass is 10.0. The molecule has 1 aromatic carbocycles. The van der Waals surface area contributed by atoms with E-state index in [2.05, 4.69) is 5.32 Å². The number of rotatable bonds is 9. The van der Waals surface area contributed by atoms with Gasteiger partial charge in [-0.25, -0.2) is 8.42 Å². The van der Waals surface area contributed by atoms with Gasteiger partial charge in [0.25, 0.3) is 0 Å². The molecule has 1 aromatic rings. The van der Waals surface area contributed by atoms with Crippen molar-refractivity contribution < 1.29 is 23.1 Å². The Labute approximate surface area is 171 Å². The van der Waals surface area contributed by atoms with E-state index in [1.54, 1.807) is 6.92 Å². The molecule has 0 saturated carbocycles. The standard InChI is InChI=1S/C19H27ClN2O5S/c1-2-14(19(24)25)6-5-13-22(17-7-3-4-12-21-18(17)23)28(26,27)16-10-8-15(20)9-11-16/h8-11,14,17H,2-7,12-13H2,1H3,(H,21,23)(H,24,25)/t14?,17-/m1/s1. The van der Waals surface area contributed by atoms with Crippen molar-refractivity contribution in [1.29, 1.82) is 0 Å². The van der Waals surface area contributed by atoms with Gasteiger partial charge < -0.3 is 10.4 Å². The Hall–Kier alpha value is -1.64. The van der Waals surface area contributed by atoms with Crippen molar-refractivity contribution in [2.75, 3.05) is 13.1 Å². The average molecular weight is 431 g/mol.